The monoisotopic (exact) mass is 476 g/mol. The third-order valence-electron chi connectivity index (χ3n) is 5.32. The van der Waals surface area contributed by atoms with E-state index in [0.717, 1.165) is 17.7 Å². The fourth-order valence-corrected chi connectivity index (χ4v) is 5.40. The summed E-state index contributed by atoms with van der Waals surface area (Å²) in [7, 11) is -3.38. The van der Waals surface area contributed by atoms with Crippen molar-refractivity contribution in [2.75, 3.05) is 32.5 Å². The molecule has 178 valence electrons. The first kappa shape index (κ1) is 26.2. The largest absolute Gasteiger partial charge is 0.416 e. The van der Waals surface area contributed by atoms with Crippen LogP contribution in [0.25, 0.3) is 10.4 Å². The number of piperidine rings is 1. The number of carbonyl (C=O) groups excluding carboxylic acids is 1. The SMILES string of the molecule is CCOP(=O)(CC[C@H](N=[N+]=[N-])C(=O)N1CCC(c2ccc(C(F)(F)F)cc2)CC1)OCC. The Morgan fingerprint density at radius 1 is 1.22 bits per heavy atom. The van der Waals surface area contributed by atoms with Gasteiger partial charge in [0.15, 0.2) is 0 Å². The summed E-state index contributed by atoms with van der Waals surface area (Å²) in [4.78, 5) is 17.2. The highest BCUT2D eigenvalue weighted by atomic mass is 31.2. The molecule has 1 heterocycles. The Bertz CT molecular complexity index is 841. The first-order chi connectivity index (χ1) is 15.1. The number of hydrogen-bond acceptors (Lipinski definition) is 5. The van der Waals surface area contributed by atoms with Crippen LogP contribution in [-0.2, 0) is 24.6 Å². The van der Waals surface area contributed by atoms with Gasteiger partial charge < -0.3 is 13.9 Å². The van der Waals surface area contributed by atoms with E-state index >= 15 is 0 Å². The zero-order valence-electron chi connectivity index (χ0n) is 18.1. The number of carbonyl (C=O) groups is 1. The Kier molecular flexibility index (Phi) is 9.58. The molecular formula is C20H28F3N4O4P. The van der Waals surface area contributed by atoms with Gasteiger partial charge in [-0.05, 0) is 62.3 Å². The van der Waals surface area contributed by atoms with Crippen molar-refractivity contribution < 1.29 is 31.6 Å². The molecule has 1 aliphatic rings. The highest BCUT2D eigenvalue weighted by Gasteiger charge is 2.33. The molecule has 1 atom stereocenters. The van der Waals surface area contributed by atoms with Gasteiger partial charge in [-0.1, -0.05) is 17.2 Å². The molecule has 0 unspecified atom stereocenters. The summed E-state index contributed by atoms with van der Waals surface area (Å²) in [5, 5.41) is 3.58. The number of benzene rings is 1. The molecule has 0 N–H and O–H groups in total. The molecule has 12 heteroatoms. The molecule has 0 spiro atoms. The molecule has 0 bridgehead atoms. The molecule has 1 fully saturated rings. The lowest BCUT2D eigenvalue weighted by Crippen LogP contribution is -2.43. The number of amides is 1. The van der Waals surface area contributed by atoms with Crippen molar-refractivity contribution in [2.24, 2.45) is 5.11 Å². The van der Waals surface area contributed by atoms with Crippen LogP contribution in [0.5, 0.6) is 0 Å². The second-order valence-corrected chi connectivity index (χ2v) is 9.58. The molecule has 0 aromatic heterocycles. The van der Waals surface area contributed by atoms with Crippen molar-refractivity contribution in [1.29, 1.82) is 0 Å². The zero-order chi connectivity index (χ0) is 23.8. The minimum Gasteiger partial charge on any atom is -0.342 e. The Labute approximate surface area is 185 Å². The van der Waals surface area contributed by atoms with E-state index in [1.807, 2.05) is 0 Å². The summed E-state index contributed by atoms with van der Waals surface area (Å²) >= 11 is 0. The molecule has 32 heavy (non-hydrogen) atoms. The molecular weight excluding hydrogens is 448 g/mol. The van der Waals surface area contributed by atoms with Crippen molar-refractivity contribution in [2.45, 2.75) is 51.2 Å². The minimum absolute atomic E-state index is 0.0268. The molecule has 1 aliphatic heterocycles. The second-order valence-electron chi connectivity index (χ2n) is 7.40. The van der Waals surface area contributed by atoms with Crippen LogP contribution in [0.4, 0.5) is 13.2 Å². The Balaban J connectivity index is 1.97. The standard InChI is InChI=1S/C20H28F3N4O4P/c1-3-30-32(29,31-4-2)14-11-18(25-26-24)19(28)27-12-9-16(10-13-27)15-5-7-17(8-6-15)20(21,22)23/h5-8,16,18H,3-4,9-14H2,1-2H3/t18-/m0/s1. The summed E-state index contributed by atoms with van der Waals surface area (Å²) in [5.41, 5.74) is 8.97. The number of azide groups is 1. The number of nitrogens with zero attached hydrogens (tertiary/aromatic N) is 4. The lowest BCUT2D eigenvalue weighted by Gasteiger charge is -2.34. The first-order valence-corrected chi connectivity index (χ1v) is 12.2. The van der Waals surface area contributed by atoms with E-state index in [-0.39, 0.29) is 37.6 Å². The topological polar surface area (TPSA) is 105 Å². The maximum Gasteiger partial charge on any atom is 0.416 e. The fraction of sp³-hybridized carbons (Fsp3) is 0.650. The maximum atomic E-state index is 12.9. The third kappa shape index (κ3) is 7.24. The number of rotatable bonds is 10. The Morgan fingerprint density at radius 2 is 1.78 bits per heavy atom. The van der Waals surface area contributed by atoms with Crippen LogP contribution in [0, 0.1) is 0 Å². The van der Waals surface area contributed by atoms with Gasteiger partial charge in [0.1, 0.15) is 6.04 Å². The average molecular weight is 476 g/mol. The summed E-state index contributed by atoms with van der Waals surface area (Å²) in [6.07, 6.45) is -3.24. The fourth-order valence-electron chi connectivity index (χ4n) is 3.72. The Hall–Kier alpha value is -2.06. The van der Waals surface area contributed by atoms with Crippen molar-refractivity contribution in [3.63, 3.8) is 0 Å². The number of halogens is 3. The van der Waals surface area contributed by atoms with E-state index in [1.54, 1.807) is 18.7 Å². The number of alkyl halides is 3. The van der Waals surface area contributed by atoms with Crippen molar-refractivity contribution >= 4 is 13.5 Å². The second kappa shape index (κ2) is 11.7. The van der Waals surface area contributed by atoms with Gasteiger partial charge in [-0.3, -0.25) is 9.36 Å². The minimum atomic E-state index is -4.38. The van der Waals surface area contributed by atoms with Gasteiger partial charge in [0, 0.05) is 18.0 Å². The van der Waals surface area contributed by atoms with Crippen molar-refractivity contribution in [3.8, 4) is 0 Å². The average Bonchev–Trinajstić information content (AvgIpc) is 2.76. The van der Waals surface area contributed by atoms with Gasteiger partial charge in [-0.25, -0.2) is 0 Å². The zero-order valence-corrected chi connectivity index (χ0v) is 19.0. The van der Waals surface area contributed by atoms with Crippen LogP contribution < -0.4 is 0 Å². The molecule has 8 nitrogen and oxygen atoms in total. The van der Waals surface area contributed by atoms with Crippen LogP contribution >= 0.6 is 7.60 Å². The van der Waals surface area contributed by atoms with E-state index in [2.05, 4.69) is 10.0 Å². The van der Waals surface area contributed by atoms with E-state index < -0.39 is 25.4 Å². The van der Waals surface area contributed by atoms with Crippen LogP contribution in [0.1, 0.15) is 50.2 Å². The lowest BCUT2D eigenvalue weighted by atomic mass is 9.88. The predicted octanol–water partition coefficient (Wildman–Crippen LogP) is 5.75. The number of likely N-dealkylation sites (tertiary alicyclic amines) is 1. The molecule has 0 saturated carbocycles. The van der Waals surface area contributed by atoms with Crippen LogP contribution in [0.15, 0.2) is 29.4 Å². The van der Waals surface area contributed by atoms with Crippen molar-refractivity contribution in [1.82, 2.24) is 4.90 Å². The maximum absolute atomic E-state index is 12.9. The quantitative estimate of drug-likeness (QED) is 0.186. The normalized spacial score (nSPS) is 16.5. The summed E-state index contributed by atoms with van der Waals surface area (Å²) in [6, 6.07) is 4.07. The molecule has 1 aromatic rings. The smallest absolute Gasteiger partial charge is 0.342 e. The van der Waals surface area contributed by atoms with Gasteiger partial charge in [0.25, 0.3) is 0 Å². The molecule has 1 saturated heterocycles. The molecule has 0 radical (unpaired) electrons. The van der Waals surface area contributed by atoms with E-state index in [9.17, 15) is 22.5 Å². The molecule has 1 aromatic carbocycles. The van der Waals surface area contributed by atoms with E-state index in [1.165, 1.54) is 12.1 Å². The summed E-state index contributed by atoms with van der Waals surface area (Å²) in [5.74, 6) is -0.330. The predicted molar refractivity (Wildman–Crippen MR) is 113 cm³/mol. The molecule has 1 amide bonds. The molecule has 2 rings (SSSR count). The van der Waals surface area contributed by atoms with Crippen LogP contribution in [0.3, 0.4) is 0 Å². The third-order valence-corrected chi connectivity index (χ3v) is 7.43. The van der Waals surface area contributed by atoms with Gasteiger partial charge in [-0.15, -0.1) is 0 Å². The van der Waals surface area contributed by atoms with Gasteiger partial charge in [-0.2, -0.15) is 13.2 Å². The van der Waals surface area contributed by atoms with Gasteiger partial charge >= 0.3 is 13.8 Å². The highest BCUT2D eigenvalue weighted by molar-refractivity contribution is 7.53. The van der Waals surface area contributed by atoms with Gasteiger partial charge in [0.2, 0.25) is 5.91 Å². The summed E-state index contributed by atoms with van der Waals surface area (Å²) in [6.45, 7) is 4.52. The highest BCUT2D eigenvalue weighted by Crippen LogP contribution is 2.49. The number of hydrogen-bond donors (Lipinski definition) is 0. The summed E-state index contributed by atoms with van der Waals surface area (Å²) < 4.78 is 61.3. The van der Waals surface area contributed by atoms with Crippen LogP contribution in [-0.4, -0.2) is 49.3 Å². The molecule has 0 aliphatic carbocycles. The van der Waals surface area contributed by atoms with Crippen molar-refractivity contribution in [3.05, 3.63) is 45.8 Å². The van der Waals surface area contributed by atoms with Gasteiger partial charge in [0.05, 0.1) is 24.9 Å². The van der Waals surface area contributed by atoms with E-state index in [4.69, 9.17) is 14.6 Å². The first-order valence-electron chi connectivity index (χ1n) is 10.5. The van der Waals surface area contributed by atoms with E-state index in [0.29, 0.717) is 25.9 Å². The Morgan fingerprint density at radius 3 is 2.25 bits per heavy atom. The lowest BCUT2D eigenvalue weighted by molar-refractivity contribution is -0.137. The van der Waals surface area contributed by atoms with Crippen LogP contribution in [0.2, 0.25) is 0 Å².